The largest absolute Gasteiger partial charge is 0.549 e. The van der Waals surface area contributed by atoms with Gasteiger partial charge in [0.25, 0.3) is 0 Å². The number of aliphatic carboxylic acids is 1. The molecule has 0 fully saturated rings. The Balaban J connectivity index is 2.09. The Kier molecular flexibility index (Phi) is 4.64. The monoisotopic (exact) mass is 344 g/mol. The lowest BCUT2D eigenvalue weighted by Gasteiger charge is -2.10. The average molecular weight is 345 g/mol. The van der Waals surface area contributed by atoms with Crippen LogP contribution < -0.4 is 5.11 Å². The number of rotatable bonds is 5. The number of carbonyl (C=O) groups is 1. The standard InChI is InChI=1S/C16H12ClN3O2S/c17-12-8-6-11(7-9-12)15-18-19-16(23-10-14(21)22)20(15)13-4-2-1-3-5-13/h1-9H,10H2,(H,21,22)/p-1. The number of benzene rings is 2. The second kappa shape index (κ2) is 6.85. The second-order valence-corrected chi connectivity index (χ2v) is 6.02. The molecule has 0 amide bonds. The molecule has 0 aliphatic heterocycles. The van der Waals surface area contributed by atoms with Crippen molar-refractivity contribution in [2.24, 2.45) is 0 Å². The van der Waals surface area contributed by atoms with E-state index >= 15 is 0 Å². The van der Waals surface area contributed by atoms with Crippen molar-refractivity contribution in [1.29, 1.82) is 0 Å². The maximum Gasteiger partial charge on any atom is 0.196 e. The van der Waals surface area contributed by atoms with Gasteiger partial charge in [-0.2, -0.15) is 0 Å². The van der Waals surface area contributed by atoms with E-state index in [1.165, 1.54) is 0 Å². The van der Waals surface area contributed by atoms with Crippen LogP contribution in [0.4, 0.5) is 0 Å². The van der Waals surface area contributed by atoms with Crippen LogP contribution in [-0.2, 0) is 4.79 Å². The van der Waals surface area contributed by atoms with Crippen LogP contribution in [0.3, 0.4) is 0 Å². The fourth-order valence-corrected chi connectivity index (χ4v) is 2.88. The second-order valence-electron chi connectivity index (χ2n) is 4.64. The zero-order valence-corrected chi connectivity index (χ0v) is 13.4. The van der Waals surface area contributed by atoms with E-state index in [4.69, 9.17) is 11.6 Å². The number of hydrogen-bond donors (Lipinski definition) is 0. The van der Waals surface area contributed by atoms with Crippen molar-refractivity contribution in [3.05, 3.63) is 59.6 Å². The van der Waals surface area contributed by atoms with Gasteiger partial charge in [-0.1, -0.05) is 41.6 Å². The molecule has 0 N–H and O–H groups in total. The summed E-state index contributed by atoms with van der Waals surface area (Å²) >= 11 is 7.00. The third-order valence-electron chi connectivity index (χ3n) is 3.07. The predicted molar refractivity (Wildman–Crippen MR) is 87.5 cm³/mol. The van der Waals surface area contributed by atoms with Crippen molar-refractivity contribution in [1.82, 2.24) is 14.8 Å². The minimum atomic E-state index is -1.15. The predicted octanol–water partition coefficient (Wildman–Crippen LogP) is 2.43. The number of carboxylic acids is 1. The maximum atomic E-state index is 10.7. The Bertz CT molecular complexity index is 819. The molecule has 0 saturated heterocycles. The molecule has 3 aromatic rings. The fraction of sp³-hybridized carbons (Fsp3) is 0.0625. The summed E-state index contributed by atoms with van der Waals surface area (Å²) in [6.07, 6.45) is 0. The summed E-state index contributed by atoms with van der Waals surface area (Å²) in [7, 11) is 0. The van der Waals surface area contributed by atoms with Crippen LogP contribution >= 0.6 is 23.4 Å². The molecule has 0 spiro atoms. The molecule has 0 unspecified atom stereocenters. The van der Waals surface area contributed by atoms with E-state index in [-0.39, 0.29) is 5.75 Å². The summed E-state index contributed by atoms with van der Waals surface area (Å²) < 4.78 is 1.82. The molecule has 0 aliphatic carbocycles. The highest BCUT2D eigenvalue weighted by molar-refractivity contribution is 7.99. The van der Waals surface area contributed by atoms with Crippen molar-refractivity contribution in [2.75, 3.05) is 5.75 Å². The summed E-state index contributed by atoms with van der Waals surface area (Å²) in [6.45, 7) is 0. The Morgan fingerprint density at radius 2 is 1.78 bits per heavy atom. The van der Waals surface area contributed by atoms with Gasteiger partial charge >= 0.3 is 0 Å². The molecule has 23 heavy (non-hydrogen) atoms. The van der Waals surface area contributed by atoms with Crippen LogP contribution in [0.1, 0.15) is 0 Å². The van der Waals surface area contributed by atoms with E-state index in [9.17, 15) is 9.90 Å². The van der Waals surface area contributed by atoms with Gasteiger partial charge in [0.2, 0.25) is 0 Å². The molecule has 0 aliphatic rings. The molecular weight excluding hydrogens is 334 g/mol. The van der Waals surface area contributed by atoms with Crippen molar-refractivity contribution in [3.63, 3.8) is 0 Å². The van der Waals surface area contributed by atoms with Crippen LogP contribution in [-0.4, -0.2) is 26.5 Å². The third-order valence-corrected chi connectivity index (χ3v) is 4.22. The van der Waals surface area contributed by atoms with Gasteiger partial charge in [-0.05, 0) is 36.4 Å². The van der Waals surface area contributed by atoms with Crippen molar-refractivity contribution >= 4 is 29.3 Å². The van der Waals surface area contributed by atoms with Gasteiger partial charge in [0, 0.05) is 22.0 Å². The normalized spacial score (nSPS) is 10.7. The van der Waals surface area contributed by atoms with E-state index in [1.54, 1.807) is 12.1 Å². The van der Waals surface area contributed by atoms with Crippen LogP contribution in [0.25, 0.3) is 17.1 Å². The summed E-state index contributed by atoms with van der Waals surface area (Å²) in [4.78, 5) is 10.7. The first-order chi connectivity index (χ1) is 11.1. The summed E-state index contributed by atoms with van der Waals surface area (Å²) in [5, 5.41) is 20.2. The highest BCUT2D eigenvalue weighted by Gasteiger charge is 2.15. The van der Waals surface area contributed by atoms with E-state index < -0.39 is 5.97 Å². The Morgan fingerprint density at radius 3 is 2.43 bits per heavy atom. The summed E-state index contributed by atoms with van der Waals surface area (Å²) in [5.74, 6) is -0.717. The van der Waals surface area contributed by atoms with Gasteiger partial charge in [0.1, 0.15) is 0 Å². The van der Waals surface area contributed by atoms with Gasteiger partial charge in [-0.3, -0.25) is 4.57 Å². The molecule has 116 valence electrons. The van der Waals surface area contributed by atoms with Crippen LogP contribution in [0.2, 0.25) is 5.02 Å². The Hall–Kier alpha value is -2.31. The van der Waals surface area contributed by atoms with Crippen molar-refractivity contribution < 1.29 is 9.90 Å². The van der Waals surface area contributed by atoms with E-state index in [0.717, 1.165) is 23.0 Å². The first kappa shape index (κ1) is 15.6. The topological polar surface area (TPSA) is 70.8 Å². The van der Waals surface area contributed by atoms with Crippen molar-refractivity contribution in [2.45, 2.75) is 5.16 Å². The van der Waals surface area contributed by atoms with Gasteiger partial charge < -0.3 is 9.90 Å². The SMILES string of the molecule is O=C([O-])CSc1nnc(-c2ccc(Cl)cc2)n1-c1ccccc1. The number of aromatic nitrogens is 3. The Labute approximate surface area is 141 Å². The number of hydrogen-bond acceptors (Lipinski definition) is 5. The number of halogens is 1. The van der Waals surface area contributed by atoms with Crippen LogP contribution in [0, 0.1) is 0 Å². The minimum Gasteiger partial charge on any atom is -0.549 e. The smallest absolute Gasteiger partial charge is 0.196 e. The molecule has 1 heterocycles. The van der Waals surface area contributed by atoms with Gasteiger partial charge in [0.15, 0.2) is 11.0 Å². The first-order valence-electron chi connectivity index (χ1n) is 6.74. The van der Waals surface area contributed by atoms with E-state index in [2.05, 4.69) is 10.2 Å². The van der Waals surface area contributed by atoms with E-state index in [0.29, 0.717) is 16.0 Å². The lowest BCUT2D eigenvalue weighted by molar-refractivity contribution is -0.301. The number of para-hydroxylation sites is 1. The zero-order chi connectivity index (χ0) is 16.2. The number of carbonyl (C=O) groups excluding carboxylic acids is 1. The molecular formula is C16H11ClN3O2S-. The first-order valence-corrected chi connectivity index (χ1v) is 8.11. The third kappa shape index (κ3) is 3.55. The minimum absolute atomic E-state index is 0.189. The lowest BCUT2D eigenvalue weighted by atomic mass is 10.2. The summed E-state index contributed by atoms with van der Waals surface area (Å²) in [6, 6.07) is 16.8. The number of carboxylic acid groups (broad SMARTS) is 1. The van der Waals surface area contributed by atoms with Gasteiger partial charge in [0.05, 0.1) is 5.97 Å². The molecule has 0 saturated carbocycles. The molecule has 2 aromatic carbocycles. The Morgan fingerprint density at radius 1 is 1.09 bits per heavy atom. The quantitative estimate of drug-likeness (QED) is 0.665. The lowest BCUT2D eigenvalue weighted by Crippen LogP contribution is -2.24. The molecule has 5 nitrogen and oxygen atoms in total. The van der Waals surface area contributed by atoms with Crippen LogP contribution in [0.15, 0.2) is 59.8 Å². The van der Waals surface area contributed by atoms with Gasteiger partial charge in [-0.15, -0.1) is 10.2 Å². The summed E-state index contributed by atoms with van der Waals surface area (Å²) in [5.41, 5.74) is 1.69. The molecule has 1 aromatic heterocycles. The number of nitrogens with zero attached hydrogens (tertiary/aromatic N) is 3. The molecule has 7 heteroatoms. The van der Waals surface area contributed by atoms with Crippen LogP contribution in [0.5, 0.6) is 0 Å². The van der Waals surface area contributed by atoms with Crippen molar-refractivity contribution in [3.8, 4) is 17.1 Å². The zero-order valence-electron chi connectivity index (χ0n) is 11.8. The average Bonchev–Trinajstić information content (AvgIpc) is 2.98. The number of thioether (sulfide) groups is 1. The highest BCUT2D eigenvalue weighted by Crippen LogP contribution is 2.28. The molecule has 3 rings (SSSR count). The van der Waals surface area contributed by atoms with Gasteiger partial charge in [-0.25, -0.2) is 0 Å². The molecule has 0 radical (unpaired) electrons. The fourth-order valence-electron chi connectivity index (χ4n) is 2.08. The maximum absolute atomic E-state index is 10.7. The highest BCUT2D eigenvalue weighted by atomic mass is 35.5. The molecule has 0 bridgehead atoms. The molecule has 0 atom stereocenters. The van der Waals surface area contributed by atoms with E-state index in [1.807, 2.05) is 47.0 Å².